The molecule has 2 unspecified atom stereocenters. The van der Waals surface area contributed by atoms with Gasteiger partial charge in [0, 0.05) is 26.7 Å². The lowest BCUT2D eigenvalue weighted by Crippen LogP contribution is -2.48. The number of nitrogens with one attached hydrogen (secondary N) is 1. The Morgan fingerprint density at radius 2 is 2.14 bits per heavy atom. The molecule has 0 saturated carbocycles. The predicted molar refractivity (Wildman–Crippen MR) is 102 cm³/mol. The summed E-state index contributed by atoms with van der Waals surface area (Å²) in [6.45, 7) is 8.95. The van der Waals surface area contributed by atoms with Gasteiger partial charge in [0.05, 0.1) is 0 Å². The number of nitrogens with zero attached hydrogens (tertiary/aromatic N) is 2. The highest BCUT2D eigenvalue weighted by Gasteiger charge is 2.28. The first-order valence-corrected chi connectivity index (χ1v) is 7.37. The van der Waals surface area contributed by atoms with Gasteiger partial charge in [-0.15, -0.1) is 30.6 Å². The number of benzene rings is 1. The van der Waals surface area contributed by atoms with Crippen molar-refractivity contribution in [2.45, 2.75) is 19.3 Å². The zero-order valence-electron chi connectivity index (χ0n) is 13.0. The third-order valence-electron chi connectivity index (χ3n) is 4.05. The van der Waals surface area contributed by atoms with Crippen molar-refractivity contribution in [2.24, 2.45) is 10.9 Å². The average Bonchev–Trinajstić information content (AvgIpc) is 2.49. The monoisotopic (exact) mass is 399 g/mol. The minimum atomic E-state index is 0. The predicted octanol–water partition coefficient (Wildman–Crippen LogP) is 3.49. The van der Waals surface area contributed by atoms with Crippen molar-refractivity contribution in [1.29, 1.82) is 0 Å². The van der Waals surface area contributed by atoms with E-state index in [0.29, 0.717) is 11.8 Å². The van der Waals surface area contributed by atoms with Crippen LogP contribution >= 0.6 is 24.0 Å². The van der Waals surface area contributed by atoms with Crippen molar-refractivity contribution in [1.82, 2.24) is 10.2 Å². The summed E-state index contributed by atoms with van der Waals surface area (Å²) in [5.74, 6) is 2.28. The van der Waals surface area contributed by atoms with Gasteiger partial charge in [-0.3, -0.25) is 4.99 Å². The first kappa shape index (κ1) is 18.0. The number of likely N-dealkylation sites (tertiary alicyclic amines) is 1. The molecule has 3 nitrogen and oxygen atoms in total. The molecular weight excluding hydrogens is 373 g/mol. The van der Waals surface area contributed by atoms with Crippen LogP contribution in [0, 0.1) is 5.92 Å². The first-order chi connectivity index (χ1) is 9.76. The SMILES string of the molecule is C=CCNC(=NC)N1CCC(c2ccccc2)C(C)C1.I. The van der Waals surface area contributed by atoms with Gasteiger partial charge in [0.15, 0.2) is 5.96 Å². The summed E-state index contributed by atoms with van der Waals surface area (Å²) in [6.07, 6.45) is 3.05. The van der Waals surface area contributed by atoms with Gasteiger partial charge in [0.1, 0.15) is 0 Å². The van der Waals surface area contributed by atoms with Crippen molar-refractivity contribution >= 4 is 29.9 Å². The second-order valence-electron chi connectivity index (χ2n) is 5.45. The Kier molecular flexibility index (Phi) is 7.78. The van der Waals surface area contributed by atoms with E-state index in [1.54, 1.807) is 0 Å². The van der Waals surface area contributed by atoms with Crippen molar-refractivity contribution in [3.8, 4) is 0 Å². The van der Waals surface area contributed by atoms with Crippen LogP contribution < -0.4 is 5.32 Å². The highest BCUT2D eigenvalue weighted by atomic mass is 127. The molecule has 1 N–H and O–H groups in total. The van der Waals surface area contributed by atoms with Gasteiger partial charge < -0.3 is 10.2 Å². The summed E-state index contributed by atoms with van der Waals surface area (Å²) < 4.78 is 0. The summed E-state index contributed by atoms with van der Waals surface area (Å²) in [4.78, 5) is 6.72. The van der Waals surface area contributed by atoms with Crippen LogP contribution in [0.5, 0.6) is 0 Å². The minimum absolute atomic E-state index is 0. The van der Waals surface area contributed by atoms with Gasteiger partial charge in [0.2, 0.25) is 0 Å². The number of hydrogen-bond acceptors (Lipinski definition) is 1. The Labute approximate surface area is 145 Å². The van der Waals surface area contributed by atoms with Crippen molar-refractivity contribution in [2.75, 3.05) is 26.7 Å². The van der Waals surface area contributed by atoms with E-state index in [0.717, 1.165) is 25.6 Å². The van der Waals surface area contributed by atoms with Crippen molar-refractivity contribution < 1.29 is 0 Å². The number of hydrogen-bond donors (Lipinski definition) is 1. The quantitative estimate of drug-likeness (QED) is 0.365. The third kappa shape index (κ3) is 4.73. The molecule has 2 rings (SSSR count). The van der Waals surface area contributed by atoms with Gasteiger partial charge in [-0.25, -0.2) is 0 Å². The number of halogens is 1. The summed E-state index contributed by atoms with van der Waals surface area (Å²) in [7, 11) is 1.85. The molecule has 0 radical (unpaired) electrons. The van der Waals surface area contributed by atoms with E-state index in [2.05, 4.69) is 59.0 Å². The van der Waals surface area contributed by atoms with E-state index < -0.39 is 0 Å². The van der Waals surface area contributed by atoms with Crippen molar-refractivity contribution in [3.63, 3.8) is 0 Å². The standard InChI is InChI=1S/C17H25N3.HI/c1-4-11-19-17(18-3)20-12-10-16(14(2)13-20)15-8-6-5-7-9-15;/h4-9,14,16H,1,10-13H2,2-3H3,(H,18,19);1H. The van der Waals surface area contributed by atoms with Crippen LogP contribution in [-0.4, -0.2) is 37.5 Å². The summed E-state index contributed by atoms with van der Waals surface area (Å²) in [6, 6.07) is 10.9. The largest absolute Gasteiger partial charge is 0.353 e. The van der Waals surface area contributed by atoms with E-state index in [1.807, 2.05) is 13.1 Å². The molecule has 21 heavy (non-hydrogen) atoms. The molecule has 0 aliphatic carbocycles. The molecule has 0 amide bonds. The Morgan fingerprint density at radius 1 is 1.43 bits per heavy atom. The van der Waals surface area contributed by atoms with Crippen LogP contribution in [0.1, 0.15) is 24.8 Å². The van der Waals surface area contributed by atoms with E-state index in [1.165, 1.54) is 12.0 Å². The maximum atomic E-state index is 4.37. The molecule has 0 bridgehead atoms. The first-order valence-electron chi connectivity index (χ1n) is 7.37. The maximum Gasteiger partial charge on any atom is 0.193 e. The lowest BCUT2D eigenvalue weighted by atomic mass is 9.82. The molecule has 1 aromatic rings. The normalized spacial score (nSPS) is 22.4. The van der Waals surface area contributed by atoms with Crippen LogP contribution in [0.2, 0.25) is 0 Å². The van der Waals surface area contributed by atoms with Gasteiger partial charge in [-0.2, -0.15) is 0 Å². The fourth-order valence-electron chi connectivity index (χ4n) is 3.03. The molecule has 1 saturated heterocycles. The smallest absolute Gasteiger partial charge is 0.193 e. The number of piperidine rings is 1. The maximum absolute atomic E-state index is 4.37. The molecule has 0 aromatic heterocycles. The lowest BCUT2D eigenvalue weighted by Gasteiger charge is -2.38. The van der Waals surface area contributed by atoms with E-state index in [4.69, 9.17) is 0 Å². The number of rotatable bonds is 3. The highest BCUT2D eigenvalue weighted by molar-refractivity contribution is 14.0. The average molecular weight is 399 g/mol. The Hall–Kier alpha value is -1.04. The second kappa shape index (κ2) is 9.07. The second-order valence-corrected chi connectivity index (χ2v) is 5.45. The summed E-state index contributed by atoms with van der Waals surface area (Å²) in [5.41, 5.74) is 1.47. The van der Waals surface area contributed by atoms with Gasteiger partial charge in [-0.05, 0) is 23.8 Å². The van der Waals surface area contributed by atoms with Crippen LogP contribution in [-0.2, 0) is 0 Å². The summed E-state index contributed by atoms with van der Waals surface area (Å²) in [5, 5.41) is 3.32. The molecule has 1 heterocycles. The molecule has 0 spiro atoms. The Morgan fingerprint density at radius 3 is 2.71 bits per heavy atom. The van der Waals surface area contributed by atoms with E-state index in [-0.39, 0.29) is 24.0 Å². The van der Waals surface area contributed by atoms with Crippen LogP contribution in [0.25, 0.3) is 0 Å². The number of guanidine groups is 1. The van der Waals surface area contributed by atoms with Gasteiger partial charge in [-0.1, -0.05) is 43.3 Å². The molecule has 1 aliphatic rings. The van der Waals surface area contributed by atoms with Gasteiger partial charge >= 0.3 is 0 Å². The Bertz CT molecular complexity index is 458. The van der Waals surface area contributed by atoms with Crippen LogP contribution in [0.15, 0.2) is 48.0 Å². The van der Waals surface area contributed by atoms with Gasteiger partial charge in [0.25, 0.3) is 0 Å². The van der Waals surface area contributed by atoms with E-state index >= 15 is 0 Å². The highest BCUT2D eigenvalue weighted by Crippen LogP contribution is 2.32. The van der Waals surface area contributed by atoms with E-state index in [9.17, 15) is 0 Å². The molecule has 116 valence electrons. The molecule has 1 aromatic carbocycles. The Balaban J connectivity index is 0.00000220. The topological polar surface area (TPSA) is 27.6 Å². The fraction of sp³-hybridized carbons (Fsp3) is 0.471. The molecule has 1 aliphatic heterocycles. The zero-order chi connectivity index (χ0) is 14.4. The molecule has 2 atom stereocenters. The molecule has 4 heteroatoms. The lowest BCUT2D eigenvalue weighted by molar-refractivity contribution is 0.235. The third-order valence-corrected chi connectivity index (χ3v) is 4.05. The van der Waals surface area contributed by atoms with Crippen LogP contribution in [0.4, 0.5) is 0 Å². The molecule has 1 fully saturated rings. The van der Waals surface area contributed by atoms with Crippen molar-refractivity contribution in [3.05, 3.63) is 48.6 Å². The van der Waals surface area contributed by atoms with Crippen LogP contribution in [0.3, 0.4) is 0 Å². The zero-order valence-corrected chi connectivity index (χ0v) is 15.3. The number of aliphatic imine (C=N–C) groups is 1. The fourth-order valence-corrected chi connectivity index (χ4v) is 3.03. The minimum Gasteiger partial charge on any atom is -0.353 e. The molecular formula is C17H26IN3. The summed E-state index contributed by atoms with van der Waals surface area (Å²) >= 11 is 0.